The molecule has 0 bridgehead atoms. The van der Waals surface area contributed by atoms with Crippen LogP contribution in [0.25, 0.3) is 10.9 Å². The second-order valence-electron chi connectivity index (χ2n) is 5.63. The maximum absolute atomic E-state index is 12.6. The van der Waals surface area contributed by atoms with E-state index in [1.165, 1.54) is 12.8 Å². The van der Waals surface area contributed by atoms with Gasteiger partial charge in [-0.25, -0.2) is 4.98 Å². The summed E-state index contributed by atoms with van der Waals surface area (Å²) in [6.07, 6.45) is 3.73. The number of hydrogen-bond donors (Lipinski definition) is 1. The summed E-state index contributed by atoms with van der Waals surface area (Å²) in [5, 5.41) is 9.47. The number of aromatic nitrogens is 2. The minimum atomic E-state index is -0.869. The van der Waals surface area contributed by atoms with Crippen LogP contribution in [0.5, 0.6) is 0 Å². The van der Waals surface area contributed by atoms with Gasteiger partial charge in [0.2, 0.25) is 0 Å². The number of carbonyl (C=O) groups is 1. The smallest absolute Gasteiger partial charge is 0.303 e. The molecule has 0 unspecified atom stereocenters. The number of rotatable bonds is 6. The molecular formula is C16H18N2O3. The molecule has 0 radical (unpaired) electrons. The molecule has 1 aromatic carbocycles. The van der Waals surface area contributed by atoms with Crippen LogP contribution in [0.1, 0.15) is 31.5 Å². The predicted octanol–water partition coefficient (Wildman–Crippen LogP) is 2.21. The van der Waals surface area contributed by atoms with Gasteiger partial charge in [-0.2, -0.15) is 0 Å². The normalized spacial score (nSPS) is 14.5. The van der Waals surface area contributed by atoms with E-state index in [1.807, 2.05) is 12.1 Å². The quantitative estimate of drug-likeness (QED) is 0.883. The highest BCUT2D eigenvalue weighted by Gasteiger charge is 2.22. The molecular weight excluding hydrogens is 268 g/mol. The van der Waals surface area contributed by atoms with Crippen molar-refractivity contribution in [3.8, 4) is 0 Å². The lowest BCUT2D eigenvalue weighted by Gasteiger charge is -2.12. The molecule has 1 fully saturated rings. The average Bonchev–Trinajstić information content (AvgIpc) is 3.28. The number of nitrogens with zero attached hydrogens (tertiary/aromatic N) is 2. The average molecular weight is 286 g/mol. The topological polar surface area (TPSA) is 72.2 Å². The molecule has 21 heavy (non-hydrogen) atoms. The lowest BCUT2D eigenvalue weighted by molar-refractivity contribution is -0.137. The van der Waals surface area contributed by atoms with Gasteiger partial charge in [0.25, 0.3) is 5.56 Å². The Morgan fingerprint density at radius 1 is 1.33 bits per heavy atom. The van der Waals surface area contributed by atoms with Gasteiger partial charge < -0.3 is 5.11 Å². The largest absolute Gasteiger partial charge is 0.481 e. The first-order valence-corrected chi connectivity index (χ1v) is 7.35. The van der Waals surface area contributed by atoms with Crippen LogP contribution < -0.4 is 5.56 Å². The highest BCUT2D eigenvalue weighted by molar-refractivity contribution is 5.77. The van der Waals surface area contributed by atoms with Gasteiger partial charge in [-0.1, -0.05) is 25.0 Å². The molecule has 0 atom stereocenters. The fourth-order valence-corrected chi connectivity index (χ4v) is 2.57. The SMILES string of the molecule is O=C(O)CCc1nc2ccccc2c(=O)n1CCC1CC1. The number of fused-ring (bicyclic) bond motifs is 1. The van der Waals surface area contributed by atoms with Gasteiger partial charge in [-0.3, -0.25) is 14.2 Å². The lowest BCUT2D eigenvalue weighted by Crippen LogP contribution is -2.26. The van der Waals surface area contributed by atoms with Crippen LogP contribution in [-0.4, -0.2) is 20.6 Å². The number of hydrogen-bond acceptors (Lipinski definition) is 3. The minimum absolute atomic E-state index is 0.00575. The molecule has 1 heterocycles. The van der Waals surface area contributed by atoms with E-state index >= 15 is 0 Å². The third kappa shape index (κ3) is 3.12. The number of benzene rings is 1. The van der Waals surface area contributed by atoms with E-state index in [4.69, 9.17) is 5.11 Å². The fourth-order valence-electron chi connectivity index (χ4n) is 2.57. The summed E-state index contributed by atoms with van der Waals surface area (Å²) in [6.45, 7) is 0.635. The Labute approximate surface area is 122 Å². The summed E-state index contributed by atoms with van der Waals surface area (Å²) in [7, 11) is 0. The second kappa shape index (κ2) is 5.68. The van der Waals surface area contributed by atoms with Gasteiger partial charge in [-0.05, 0) is 24.5 Å². The summed E-state index contributed by atoms with van der Waals surface area (Å²) < 4.78 is 1.67. The van der Waals surface area contributed by atoms with Crippen LogP contribution in [-0.2, 0) is 17.8 Å². The molecule has 5 nitrogen and oxygen atoms in total. The van der Waals surface area contributed by atoms with Crippen molar-refractivity contribution in [2.45, 2.75) is 38.6 Å². The molecule has 1 aromatic heterocycles. The fraction of sp³-hybridized carbons (Fsp3) is 0.438. The van der Waals surface area contributed by atoms with Crippen molar-refractivity contribution in [2.24, 2.45) is 5.92 Å². The molecule has 3 rings (SSSR count). The first kappa shape index (κ1) is 13.8. The van der Waals surface area contributed by atoms with E-state index in [2.05, 4.69) is 4.98 Å². The molecule has 1 saturated carbocycles. The molecule has 0 aliphatic heterocycles. The standard InChI is InChI=1S/C16H18N2O3/c19-15(20)8-7-14-17-13-4-2-1-3-12(13)16(21)18(14)10-9-11-5-6-11/h1-4,11H,5-10H2,(H,19,20). The van der Waals surface area contributed by atoms with Gasteiger partial charge in [0, 0.05) is 13.0 Å². The van der Waals surface area contributed by atoms with Crippen molar-refractivity contribution in [1.29, 1.82) is 0 Å². The Hall–Kier alpha value is -2.17. The minimum Gasteiger partial charge on any atom is -0.481 e. The Morgan fingerprint density at radius 2 is 2.10 bits per heavy atom. The van der Waals surface area contributed by atoms with E-state index in [9.17, 15) is 9.59 Å². The number of aryl methyl sites for hydroxylation is 1. The van der Waals surface area contributed by atoms with Crippen LogP contribution in [0.4, 0.5) is 0 Å². The Bertz CT molecular complexity index is 732. The van der Waals surface area contributed by atoms with Gasteiger partial charge in [0.1, 0.15) is 5.82 Å². The molecule has 0 spiro atoms. The zero-order valence-corrected chi connectivity index (χ0v) is 11.8. The first-order chi connectivity index (χ1) is 10.1. The summed E-state index contributed by atoms with van der Waals surface area (Å²) in [6, 6.07) is 7.24. The van der Waals surface area contributed by atoms with E-state index in [-0.39, 0.29) is 12.0 Å². The Balaban J connectivity index is 2.00. The second-order valence-corrected chi connectivity index (χ2v) is 5.63. The lowest BCUT2D eigenvalue weighted by atomic mass is 10.2. The number of carboxylic acid groups (broad SMARTS) is 1. The molecule has 110 valence electrons. The predicted molar refractivity (Wildman–Crippen MR) is 79.3 cm³/mol. The maximum Gasteiger partial charge on any atom is 0.303 e. The van der Waals surface area contributed by atoms with Crippen molar-refractivity contribution < 1.29 is 9.90 Å². The summed E-state index contributed by atoms with van der Waals surface area (Å²) in [5.74, 6) is 0.434. The van der Waals surface area contributed by atoms with E-state index < -0.39 is 5.97 Å². The maximum atomic E-state index is 12.6. The molecule has 1 aliphatic carbocycles. The highest BCUT2D eigenvalue weighted by atomic mass is 16.4. The molecule has 0 amide bonds. The van der Waals surface area contributed by atoms with Crippen molar-refractivity contribution in [2.75, 3.05) is 0 Å². The number of para-hydroxylation sites is 1. The van der Waals surface area contributed by atoms with Crippen LogP contribution in [0.3, 0.4) is 0 Å². The summed E-state index contributed by atoms with van der Waals surface area (Å²) >= 11 is 0. The van der Waals surface area contributed by atoms with Gasteiger partial charge in [0.15, 0.2) is 0 Å². The van der Waals surface area contributed by atoms with Crippen LogP contribution >= 0.6 is 0 Å². The van der Waals surface area contributed by atoms with Crippen LogP contribution in [0.2, 0.25) is 0 Å². The number of aliphatic carboxylic acids is 1. The monoisotopic (exact) mass is 286 g/mol. The zero-order chi connectivity index (χ0) is 14.8. The van der Waals surface area contributed by atoms with Crippen LogP contribution in [0, 0.1) is 5.92 Å². The summed E-state index contributed by atoms with van der Waals surface area (Å²) in [5.41, 5.74) is 0.590. The Morgan fingerprint density at radius 3 is 2.81 bits per heavy atom. The zero-order valence-electron chi connectivity index (χ0n) is 11.8. The third-order valence-corrected chi connectivity index (χ3v) is 3.96. The molecule has 5 heteroatoms. The molecule has 1 N–H and O–H groups in total. The molecule has 2 aromatic rings. The Kier molecular flexibility index (Phi) is 3.73. The van der Waals surface area contributed by atoms with Crippen molar-refractivity contribution in [3.05, 3.63) is 40.4 Å². The van der Waals surface area contributed by atoms with E-state index in [1.54, 1.807) is 16.7 Å². The number of carboxylic acids is 1. The van der Waals surface area contributed by atoms with Gasteiger partial charge in [-0.15, -0.1) is 0 Å². The van der Waals surface area contributed by atoms with E-state index in [0.717, 1.165) is 12.3 Å². The van der Waals surface area contributed by atoms with Gasteiger partial charge in [0.05, 0.1) is 17.3 Å². The first-order valence-electron chi connectivity index (χ1n) is 7.35. The van der Waals surface area contributed by atoms with Crippen molar-refractivity contribution in [1.82, 2.24) is 9.55 Å². The third-order valence-electron chi connectivity index (χ3n) is 3.96. The van der Waals surface area contributed by atoms with Crippen LogP contribution in [0.15, 0.2) is 29.1 Å². The molecule has 0 saturated heterocycles. The van der Waals surface area contributed by atoms with Crippen molar-refractivity contribution >= 4 is 16.9 Å². The molecule has 1 aliphatic rings. The highest BCUT2D eigenvalue weighted by Crippen LogP contribution is 2.32. The summed E-state index contributed by atoms with van der Waals surface area (Å²) in [4.78, 5) is 27.9. The van der Waals surface area contributed by atoms with Crippen molar-refractivity contribution in [3.63, 3.8) is 0 Å². The van der Waals surface area contributed by atoms with E-state index in [0.29, 0.717) is 29.7 Å². The van der Waals surface area contributed by atoms with Gasteiger partial charge >= 0.3 is 5.97 Å².